The monoisotopic (exact) mass is 399 g/mol. The summed E-state index contributed by atoms with van der Waals surface area (Å²) >= 11 is 0. The Morgan fingerprint density at radius 2 is 1.87 bits per heavy atom. The molecular formula is C24H21N3O3. The maximum atomic E-state index is 11.4. The molecule has 0 radical (unpaired) electrons. The predicted molar refractivity (Wildman–Crippen MR) is 117 cm³/mol. The van der Waals surface area contributed by atoms with E-state index >= 15 is 0 Å². The first-order valence-electron chi connectivity index (χ1n) is 9.60. The third-order valence-corrected chi connectivity index (χ3v) is 4.91. The summed E-state index contributed by atoms with van der Waals surface area (Å²) in [7, 11) is 0. The van der Waals surface area contributed by atoms with Crippen molar-refractivity contribution in [2.75, 3.05) is 0 Å². The molecule has 2 aromatic carbocycles. The number of aryl methyl sites for hydroxylation is 2. The van der Waals surface area contributed by atoms with Gasteiger partial charge < -0.3 is 9.14 Å². The predicted octanol–water partition coefficient (Wildman–Crippen LogP) is 5.61. The van der Waals surface area contributed by atoms with Crippen LogP contribution in [-0.4, -0.2) is 14.3 Å². The molecule has 150 valence electrons. The van der Waals surface area contributed by atoms with Gasteiger partial charge in [-0.1, -0.05) is 36.4 Å². The Morgan fingerprint density at radius 3 is 2.63 bits per heavy atom. The van der Waals surface area contributed by atoms with Gasteiger partial charge in [0.15, 0.2) is 5.75 Å². The number of nitro benzene ring substituents is 1. The summed E-state index contributed by atoms with van der Waals surface area (Å²) in [6, 6.07) is 18.5. The summed E-state index contributed by atoms with van der Waals surface area (Å²) in [4.78, 5) is 15.6. The van der Waals surface area contributed by atoms with Crippen molar-refractivity contribution in [2.24, 2.45) is 0 Å². The van der Waals surface area contributed by atoms with Crippen LogP contribution in [0.25, 0.3) is 17.8 Å². The average Bonchev–Trinajstić information content (AvgIpc) is 3.06. The number of fused-ring (bicyclic) bond motifs is 1. The Hall–Kier alpha value is -3.93. The van der Waals surface area contributed by atoms with E-state index in [1.54, 1.807) is 12.1 Å². The van der Waals surface area contributed by atoms with Crippen LogP contribution < -0.4 is 4.74 Å². The first-order chi connectivity index (χ1) is 14.5. The molecule has 0 amide bonds. The van der Waals surface area contributed by atoms with E-state index in [0.717, 1.165) is 33.7 Å². The number of imidazole rings is 1. The number of aromatic nitrogens is 2. The minimum absolute atomic E-state index is 0.0533. The third kappa shape index (κ3) is 4.07. The molecule has 4 aromatic rings. The quantitative estimate of drug-likeness (QED) is 0.312. The van der Waals surface area contributed by atoms with Crippen molar-refractivity contribution in [1.82, 2.24) is 9.38 Å². The van der Waals surface area contributed by atoms with Gasteiger partial charge in [-0.3, -0.25) is 10.1 Å². The van der Waals surface area contributed by atoms with Gasteiger partial charge >= 0.3 is 5.69 Å². The zero-order chi connectivity index (χ0) is 21.1. The van der Waals surface area contributed by atoms with E-state index in [0.29, 0.717) is 0 Å². The standard InChI is InChI=1S/C24H21N3O3/c1-17-12-13-26-18(2)21(25-24(26)14-17)10-8-19-9-11-22(27(28)29)23(15-19)30-16-20-6-4-3-5-7-20/h3-15H,16H2,1-2H3. The zero-order valence-electron chi connectivity index (χ0n) is 16.8. The van der Waals surface area contributed by atoms with Crippen molar-refractivity contribution in [3.05, 3.63) is 105 Å². The molecule has 0 unspecified atom stereocenters. The van der Waals surface area contributed by atoms with Crippen LogP contribution in [0.3, 0.4) is 0 Å². The highest BCUT2D eigenvalue weighted by Gasteiger charge is 2.15. The van der Waals surface area contributed by atoms with Crippen LogP contribution in [0.4, 0.5) is 5.69 Å². The number of rotatable bonds is 6. The van der Waals surface area contributed by atoms with E-state index in [1.807, 2.05) is 79.1 Å². The van der Waals surface area contributed by atoms with Gasteiger partial charge in [-0.25, -0.2) is 4.98 Å². The minimum atomic E-state index is -0.428. The molecule has 6 heteroatoms. The zero-order valence-corrected chi connectivity index (χ0v) is 16.8. The molecule has 2 heterocycles. The van der Waals surface area contributed by atoms with Crippen molar-refractivity contribution < 1.29 is 9.66 Å². The number of benzene rings is 2. The number of nitrogens with zero attached hydrogens (tertiary/aromatic N) is 3. The van der Waals surface area contributed by atoms with Crippen LogP contribution in [-0.2, 0) is 6.61 Å². The van der Waals surface area contributed by atoms with Crippen molar-refractivity contribution >= 4 is 23.5 Å². The minimum Gasteiger partial charge on any atom is -0.482 e. The first-order valence-corrected chi connectivity index (χ1v) is 9.60. The average molecular weight is 399 g/mol. The molecule has 0 spiro atoms. The van der Waals surface area contributed by atoms with E-state index in [2.05, 4.69) is 4.98 Å². The molecule has 0 aliphatic carbocycles. The molecule has 0 atom stereocenters. The molecule has 0 aliphatic heterocycles. The SMILES string of the molecule is Cc1ccn2c(C)c(C=Cc3ccc([N+](=O)[O-])c(OCc4ccccc4)c3)nc2c1. The van der Waals surface area contributed by atoms with E-state index in [9.17, 15) is 10.1 Å². The lowest BCUT2D eigenvalue weighted by Gasteiger charge is -2.08. The molecular weight excluding hydrogens is 378 g/mol. The van der Waals surface area contributed by atoms with Gasteiger partial charge in [0.2, 0.25) is 0 Å². The van der Waals surface area contributed by atoms with Crippen LogP contribution in [0.15, 0.2) is 66.9 Å². The summed E-state index contributed by atoms with van der Waals surface area (Å²) in [6.07, 6.45) is 5.81. The fraction of sp³-hybridized carbons (Fsp3) is 0.125. The van der Waals surface area contributed by atoms with Crippen molar-refractivity contribution in [2.45, 2.75) is 20.5 Å². The van der Waals surface area contributed by atoms with Gasteiger partial charge in [0, 0.05) is 18.0 Å². The van der Waals surface area contributed by atoms with Crippen molar-refractivity contribution in [3.63, 3.8) is 0 Å². The number of pyridine rings is 1. The summed E-state index contributed by atoms with van der Waals surface area (Å²) in [6.45, 7) is 4.31. The second-order valence-corrected chi connectivity index (χ2v) is 7.11. The van der Waals surface area contributed by atoms with E-state index < -0.39 is 4.92 Å². The highest BCUT2D eigenvalue weighted by Crippen LogP contribution is 2.29. The number of nitro groups is 1. The van der Waals surface area contributed by atoms with Gasteiger partial charge in [0.1, 0.15) is 12.3 Å². The van der Waals surface area contributed by atoms with Crippen molar-refractivity contribution in [3.8, 4) is 5.75 Å². The van der Waals surface area contributed by atoms with Crippen LogP contribution in [0.2, 0.25) is 0 Å². The van der Waals surface area contributed by atoms with Gasteiger partial charge in [0.05, 0.1) is 10.6 Å². The number of hydrogen-bond donors (Lipinski definition) is 0. The smallest absolute Gasteiger partial charge is 0.310 e. The Balaban J connectivity index is 1.61. The Kier molecular flexibility index (Phi) is 5.30. The number of ether oxygens (including phenoxy) is 1. The molecule has 0 fully saturated rings. The second-order valence-electron chi connectivity index (χ2n) is 7.11. The summed E-state index contributed by atoms with van der Waals surface area (Å²) in [5.74, 6) is 0.244. The second kappa shape index (κ2) is 8.21. The van der Waals surface area contributed by atoms with Gasteiger partial charge in [0.25, 0.3) is 0 Å². The summed E-state index contributed by atoms with van der Waals surface area (Å²) in [5.41, 5.74) is 5.62. The van der Waals surface area contributed by atoms with Crippen LogP contribution in [0.5, 0.6) is 5.75 Å². The van der Waals surface area contributed by atoms with Crippen LogP contribution in [0, 0.1) is 24.0 Å². The molecule has 0 aliphatic rings. The highest BCUT2D eigenvalue weighted by atomic mass is 16.6. The van der Waals surface area contributed by atoms with E-state index in [4.69, 9.17) is 4.74 Å². The third-order valence-electron chi connectivity index (χ3n) is 4.91. The topological polar surface area (TPSA) is 69.7 Å². The molecule has 4 rings (SSSR count). The van der Waals surface area contributed by atoms with Gasteiger partial charge in [-0.15, -0.1) is 0 Å². The van der Waals surface area contributed by atoms with E-state index in [1.165, 1.54) is 6.07 Å². The van der Waals surface area contributed by atoms with E-state index in [-0.39, 0.29) is 18.0 Å². The summed E-state index contributed by atoms with van der Waals surface area (Å²) < 4.78 is 7.81. The molecule has 0 saturated heterocycles. The lowest BCUT2D eigenvalue weighted by Crippen LogP contribution is -1.99. The summed E-state index contributed by atoms with van der Waals surface area (Å²) in [5, 5.41) is 11.4. The Morgan fingerprint density at radius 1 is 1.07 bits per heavy atom. The highest BCUT2D eigenvalue weighted by molar-refractivity contribution is 5.72. The molecule has 0 N–H and O–H groups in total. The molecule has 0 saturated carbocycles. The van der Waals surface area contributed by atoms with Crippen molar-refractivity contribution in [1.29, 1.82) is 0 Å². The Labute approximate surface area is 174 Å². The van der Waals surface area contributed by atoms with Crippen LogP contribution >= 0.6 is 0 Å². The van der Waals surface area contributed by atoms with Crippen LogP contribution in [0.1, 0.15) is 28.1 Å². The maximum Gasteiger partial charge on any atom is 0.310 e. The van der Waals surface area contributed by atoms with Gasteiger partial charge in [-0.05, 0) is 60.9 Å². The molecule has 30 heavy (non-hydrogen) atoms. The lowest BCUT2D eigenvalue weighted by molar-refractivity contribution is -0.385. The lowest BCUT2D eigenvalue weighted by atomic mass is 10.1. The largest absolute Gasteiger partial charge is 0.482 e. The molecule has 6 nitrogen and oxygen atoms in total. The molecule has 0 bridgehead atoms. The normalized spacial score (nSPS) is 11.3. The number of hydrogen-bond acceptors (Lipinski definition) is 4. The fourth-order valence-electron chi connectivity index (χ4n) is 3.26. The Bertz CT molecular complexity index is 1240. The molecule has 2 aromatic heterocycles. The van der Waals surface area contributed by atoms with Gasteiger partial charge in [-0.2, -0.15) is 0 Å². The fourth-order valence-corrected chi connectivity index (χ4v) is 3.26. The maximum absolute atomic E-state index is 11.4. The first kappa shape index (κ1) is 19.4.